The van der Waals surface area contributed by atoms with E-state index in [0.717, 1.165) is 93.9 Å². The Labute approximate surface area is 929 Å². The highest BCUT2D eigenvalue weighted by atomic mass is 35.5. The van der Waals surface area contributed by atoms with E-state index < -0.39 is 0 Å². The van der Waals surface area contributed by atoms with Crippen molar-refractivity contribution in [3.05, 3.63) is 266 Å². The van der Waals surface area contributed by atoms with Gasteiger partial charge in [0.1, 0.15) is 145 Å². The second kappa shape index (κ2) is 67.6. The van der Waals surface area contributed by atoms with Gasteiger partial charge in [-0.2, -0.15) is 0 Å². The largest absolute Gasteiger partial charge is 0.508 e. The van der Waals surface area contributed by atoms with Crippen LogP contribution in [0.1, 0.15) is 239 Å². The Balaban J connectivity index is 0.000000149. The molecule has 12 aromatic carbocycles. The molecule has 3 saturated carbocycles. The molecule has 12 aromatic rings. The first kappa shape index (κ1) is 120. The highest BCUT2D eigenvalue weighted by Crippen LogP contribution is 2.44. The smallest absolute Gasteiger partial charge is 0.186 e. The van der Waals surface area contributed by atoms with Gasteiger partial charge in [0, 0.05) is 155 Å². The van der Waals surface area contributed by atoms with Crippen molar-refractivity contribution >= 4 is 153 Å². The first-order valence-electron chi connectivity index (χ1n) is 55.9. The third-order valence-electron chi connectivity index (χ3n) is 29.5. The van der Waals surface area contributed by atoms with Crippen LogP contribution in [-0.4, -0.2) is 164 Å². The van der Waals surface area contributed by atoms with Gasteiger partial charge in [0.05, 0.1) is 26.9 Å². The van der Waals surface area contributed by atoms with Gasteiger partial charge in [-0.1, -0.05) is 200 Å². The molecule has 21 rings (SSSR count). The molecule has 7 nitrogen and oxygen atoms in total. The Morgan fingerprint density at radius 2 is 0.723 bits per heavy atom. The Hall–Kier alpha value is -6.19. The summed E-state index contributed by atoms with van der Waals surface area (Å²) in [6.45, 7) is 13.7. The summed E-state index contributed by atoms with van der Waals surface area (Å²) >= 11 is 5.70. The van der Waals surface area contributed by atoms with Crippen LogP contribution in [0.3, 0.4) is 0 Å². The van der Waals surface area contributed by atoms with Crippen molar-refractivity contribution < 1.29 is 34.3 Å². The van der Waals surface area contributed by atoms with E-state index in [-0.39, 0.29) is 16.6 Å². The summed E-state index contributed by atoms with van der Waals surface area (Å²) < 4.78 is 23.6. The zero-order valence-corrected chi connectivity index (χ0v) is 101. The van der Waals surface area contributed by atoms with Crippen molar-refractivity contribution in [2.75, 3.05) is 133 Å². The average molecular weight is 2210 g/mol. The predicted molar refractivity (Wildman–Crippen MR) is 670 cm³/mol. The molecular formula is C130H181ClO7S10+10. The molecule has 6 heterocycles. The number of fused-ring (bicyclic) bond motifs is 3. The molecule has 9 fully saturated rings. The lowest BCUT2D eigenvalue weighted by atomic mass is 10.0. The molecule has 3 N–H and O–H groups in total. The number of phenolic OH excluding ortho intramolecular Hbond substituents is 3. The average Bonchev–Trinajstić information content (AvgIpc) is 1.36. The number of alkyl halides is 1. The van der Waals surface area contributed by atoms with Crippen LogP contribution in [0.4, 0.5) is 0 Å². The van der Waals surface area contributed by atoms with Crippen molar-refractivity contribution in [1.29, 1.82) is 0 Å². The van der Waals surface area contributed by atoms with Crippen LogP contribution in [0.5, 0.6) is 40.2 Å². The molecule has 4 atom stereocenters. The molecule has 0 radical (unpaired) electrons. The number of aryl methyl sites for hydroxylation is 1. The van der Waals surface area contributed by atoms with E-state index in [0.29, 0.717) is 104 Å². The number of rotatable bonds is 25. The van der Waals surface area contributed by atoms with E-state index in [1.54, 1.807) is 88.1 Å². The molecule has 9 aliphatic rings. The van der Waals surface area contributed by atoms with Gasteiger partial charge < -0.3 is 34.3 Å². The maximum atomic E-state index is 9.74. The summed E-state index contributed by atoms with van der Waals surface area (Å²) in [4.78, 5) is 13.1. The summed E-state index contributed by atoms with van der Waals surface area (Å²) in [6.07, 6.45) is 58.1. The fourth-order valence-corrected chi connectivity index (χ4v) is 41.3. The maximum absolute atomic E-state index is 9.74. The van der Waals surface area contributed by atoms with E-state index in [1.807, 2.05) is 43.3 Å². The standard InChI is InChI=1S/C22H29OS.C21H29OS.C18H23OS.C13H19S.C12H16O2S.C10H12OS.C10H19S.C8H10ClS.C8H10OS.C8H11S/c1-2-4-10-18(9-3-1)17-23-21-13-14-22(24-15-7-8-16-24)20-12-6-5-11-19(20)21;1-4-5-14-22-19-12-13-21(18-10-7-6-9-17(18)19)23-15-8-11-20(23)16(2)3;1-2-3-12-19-17-10-11-18(20-13-6-7-14-20)16-9-5-4-8-15(16)17;1-14(12-8-4-2-5-9-12)13-10-6-3-7-11-13;1-9-7-10(15-5-3-4-6-15)8-11(14-2)12(9)13;11-9-3-5-10(6-4-9)12-7-1-2-8-12;1-2-6-10(7-3-1)11-8-4-5-9-11;1-10(7-9)8-5-3-2-4-6-8;1-10(2)8-5-3-7(9)4-6-8;1-9(2)8-6-4-3-5-7-8/h5-6,11-14,18H,1-4,7-10,15-17H2;6-7,9-10,12-13,16,20H,4-5,8,11,14-15H2,1-3H3;4-5,8-11H,2-3,6-7,12-14H2,1H3;2,4-5,8-9,13H,3,6-7,10-11H2,1H3;7-8H,3-6H2,1-2H3;3-6H,1-2,7-8H2;10H,1-9H2;2-6H,7H2,1H3;3-6H,1-2H3;3-7H,1-2H3/q4*+1;;;2*+1;;+1/p+3. The van der Waals surface area contributed by atoms with Crippen LogP contribution in [0.15, 0.2) is 305 Å². The van der Waals surface area contributed by atoms with Gasteiger partial charge >= 0.3 is 0 Å². The predicted octanol–water partition coefficient (Wildman–Crippen LogP) is 33.6. The minimum atomic E-state index is 0.225. The first-order chi connectivity index (χ1) is 72.3. The number of unbranched alkanes of at least 4 members (excludes halogenated alkanes) is 2. The lowest BCUT2D eigenvalue weighted by molar-refractivity contribution is 0.236. The van der Waals surface area contributed by atoms with Gasteiger partial charge in [-0.3, -0.25) is 0 Å². The van der Waals surface area contributed by atoms with Crippen molar-refractivity contribution in [3.8, 4) is 40.2 Å². The quantitative estimate of drug-likeness (QED) is 0.0227. The van der Waals surface area contributed by atoms with E-state index >= 15 is 0 Å². The van der Waals surface area contributed by atoms with Crippen LogP contribution in [0, 0.1) is 18.8 Å². The minimum Gasteiger partial charge on any atom is -0.508 e. The monoisotopic (exact) mass is 2210 g/mol. The van der Waals surface area contributed by atoms with Gasteiger partial charge in [-0.15, -0.1) is 0 Å². The first-order valence-corrected chi connectivity index (χ1v) is 73.3. The third-order valence-corrected chi connectivity index (χ3v) is 53.1. The van der Waals surface area contributed by atoms with Crippen molar-refractivity contribution in [2.45, 2.75) is 300 Å². The van der Waals surface area contributed by atoms with Crippen molar-refractivity contribution in [3.63, 3.8) is 0 Å². The summed E-state index contributed by atoms with van der Waals surface area (Å²) in [5.74, 6) is 21.7. The van der Waals surface area contributed by atoms with Gasteiger partial charge in [0.15, 0.2) is 60.8 Å². The summed E-state index contributed by atoms with van der Waals surface area (Å²) in [5.41, 5.74) is 0.920. The van der Waals surface area contributed by atoms with E-state index in [4.69, 9.17) is 40.8 Å². The molecule has 3 aliphatic carbocycles. The maximum Gasteiger partial charge on any atom is 0.186 e. The fraction of sp³-hybridized carbons (Fsp3) is 0.492. The number of halogens is 1. The number of aromatic hydroxyl groups is 3. The van der Waals surface area contributed by atoms with Crippen LogP contribution in [0.2, 0.25) is 0 Å². The van der Waals surface area contributed by atoms with Gasteiger partial charge in [0.2, 0.25) is 0 Å². The Bertz CT molecular complexity index is 5650. The van der Waals surface area contributed by atoms with Crippen LogP contribution in [0.25, 0.3) is 32.3 Å². The number of benzene rings is 12. The molecule has 800 valence electrons. The zero-order valence-electron chi connectivity index (χ0n) is 91.9. The molecule has 0 spiro atoms. The second-order valence-electron chi connectivity index (χ2n) is 41.2. The van der Waals surface area contributed by atoms with Crippen molar-refractivity contribution in [1.82, 2.24) is 0 Å². The topological polar surface area (TPSA) is 97.6 Å². The van der Waals surface area contributed by atoms with E-state index in [1.165, 1.54) is 281 Å². The molecule has 0 bridgehead atoms. The molecule has 148 heavy (non-hydrogen) atoms. The minimum absolute atomic E-state index is 0.225. The lowest BCUT2D eigenvalue weighted by Crippen LogP contribution is -2.25. The fourth-order valence-electron chi connectivity index (χ4n) is 20.9. The van der Waals surface area contributed by atoms with Crippen LogP contribution in [-0.2, 0) is 109 Å². The Morgan fingerprint density at radius 3 is 1.16 bits per heavy atom. The number of hydrogen-bond acceptors (Lipinski definition) is 7. The summed E-state index contributed by atoms with van der Waals surface area (Å²) in [5, 5.41) is 39.7. The number of methoxy groups -OCH3 is 1. The number of phenols is 3. The molecule has 18 heteroatoms. The van der Waals surface area contributed by atoms with Crippen LogP contribution >= 0.6 is 11.6 Å². The summed E-state index contributed by atoms with van der Waals surface area (Å²) in [6, 6.07) is 91.3. The Morgan fingerprint density at radius 1 is 0.345 bits per heavy atom. The number of hydrogen-bond donors (Lipinski definition) is 3. The van der Waals surface area contributed by atoms with Crippen LogP contribution < -0.4 is 18.9 Å². The Kier molecular flexibility index (Phi) is 55.0. The normalized spacial score (nSPS) is 18.3. The highest BCUT2D eigenvalue weighted by Gasteiger charge is 2.42. The molecule has 6 saturated heterocycles. The number of ether oxygens (including phenoxy) is 4. The molecule has 4 unspecified atom stereocenters. The van der Waals surface area contributed by atoms with E-state index in [2.05, 4.69) is 265 Å². The lowest BCUT2D eigenvalue weighted by Gasteiger charge is -2.20. The van der Waals surface area contributed by atoms with Crippen molar-refractivity contribution in [2.24, 2.45) is 11.8 Å². The molecule has 6 aliphatic heterocycles. The summed E-state index contributed by atoms with van der Waals surface area (Å²) in [7, 11) is 6.12. The molecular weight excluding hydrogens is 2030 g/mol. The van der Waals surface area contributed by atoms with Gasteiger partial charge in [-0.25, -0.2) is 0 Å². The molecule has 0 amide bonds. The van der Waals surface area contributed by atoms with Gasteiger partial charge in [-0.05, 0) is 317 Å². The third kappa shape index (κ3) is 39.0. The zero-order chi connectivity index (χ0) is 104. The SMILES string of the molecule is C1CCC([S+]2CCCC2)CC1.CCCCOc1ccc([S+]2CCCC2)c2ccccc12.CCCCOc1ccc([S+]2CCCC2C(C)C)c2ccccc12.COc1cc([S+]2CCCC2)cc(C)c1O.C[S+](C)c1ccc(O)cc1.C[S+](C)c1ccccc1.C[S+](CCl)c1ccccc1.C[S+](c1ccccc1)C1CCCCC1.Oc1ccc([S+]2CCCC2)cc1.c1ccc2c([S+]3CCCC3)ccc(OCC3CCCCCC3)c2c1. The molecule has 0 aromatic heterocycles. The van der Waals surface area contributed by atoms with E-state index in [9.17, 15) is 5.11 Å². The van der Waals surface area contributed by atoms with Gasteiger partial charge in [0.25, 0.3) is 0 Å². The second-order valence-corrected chi connectivity index (χ2v) is 64.2. The highest BCUT2D eigenvalue weighted by molar-refractivity contribution is 7.99.